The maximum Gasteiger partial charge on any atom is 0.327 e. The maximum absolute atomic E-state index is 12.0. The Kier molecular flexibility index (Phi) is 5.83. The first kappa shape index (κ1) is 22.8. The van der Waals surface area contributed by atoms with Crippen LogP contribution >= 0.6 is 0 Å². The number of carboxylic acids is 1. The lowest BCUT2D eigenvalue weighted by molar-refractivity contribution is -0.139. The summed E-state index contributed by atoms with van der Waals surface area (Å²) in [6.45, 7) is 3.33. The summed E-state index contributed by atoms with van der Waals surface area (Å²) in [7, 11) is 0. The van der Waals surface area contributed by atoms with Crippen molar-refractivity contribution in [2.45, 2.75) is 19.9 Å². The van der Waals surface area contributed by atoms with Crippen LogP contribution in [0.3, 0.4) is 0 Å². The molecule has 1 N–H and O–H groups in total. The molecule has 5 rings (SSSR count). The molecule has 2 heterocycles. The number of nitrogens with zero attached hydrogens (tertiary/aromatic N) is 4. The van der Waals surface area contributed by atoms with Crippen LogP contribution < -0.4 is 4.31 Å². The van der Waals surface area contributed by atoms with E-state index in [-0.39, 0.29) is 5.69 Å². The van der Waals surface area contributed by atoms with Crippen molar-refractivity contribution >= 4 is 44.9 Å². The van der Waals surface area contributed by atoms with Crippen LogP contribution in [0.1, 0.15) is 13.8 Å². The number of fused-ring (bicyclic) bond motifs is 3. The fourth-order valence-corrected chi connectivity index (χ4v) is 4.97. The fraction of sp³-hybridized carbons (Fsp3) is 0.160. The number of hydrogen-bond acceptors (Lipinski definition) is 6. The number of hydrogen-bond donors (Lipinski definition) is 1. The molecule has 2 aromatic heterocycles. The third-order valence-electron chi connectivity index (χ3n) is 5.82. The van der Waals surface area contributed by atoms with E-state index in [1.807, 2.05) is 54.7 Å². The van der Waals surface area contributed by atoms with Crippen LogP contribution in [0, 0.1) is 5.92 Å². The minimum Gasteiger partial charge on any atom is -0.755 e. The van der Waals surface area contributed by atoms with Gasteiger partial charge in [0, 0.05) is 33.7 Å². The first-order valence-electron chi connectivity index (χ1n) is 10.9. The molecule has 0 radical (unpaired) electrons. The number of benzene rings is 3. The highest BCUT2D eigenvalue weighted by molar-refractivity contribution is 7.80. The highest BCUT2D eigenvalue weighted by atomic mass is 32.2. The van der Waals surface area contributed by atoms with E-state index in [9.17, 15) is 18.7 Å². The van der Waals surface area contributed by atoms with Gasteiger partial charge in [0.1, 0.15) is 22.9 Å². The summed E-state index contributed by atoms with van der Waals surface area (Å²) in [6, 6.07) is 18.9. The Morgan fingerprint density at radius 1 is 1.06 bits per heavy atom. The van der Waals surface area contributed by atoms with Gasteiger partial charge < -0.3 is 14.1 Å². The van der Waals surface area contributed by atoms with Crippen molar-refractivity contribution in [1.82, 2.24) is 15.0 Å². The van der Waals surface area contributed by atoms with Gasteiger partial charge in [-0.15, -0.1) is 5.10 Å². The average molecular weight is 490 g/mol. The van der Waals surface area contributed by atoms with Gasteiger partial charge in [0.05, 0.1) is 17.6 Å². The Hall–Kier alpha value is -4.02. The van der Waals surface area contributed by atoms with Gasteiger partial charge >= 0.3 is 5.97 Å². The molecule has 0 spiro atoms. The van der Waals surface area contributed by atoms with E-state index in [1.54, 1.807) is 36.7 Å². The molecule has 0 aliphatic rings. The van der Waals surface area contributed by atoms with Gasteiger partial charge in [0.25, 0.3) is 0 Å². The smallest absolute Gasteiger partial charge is 0.327 e. The molecule has 10 heteroatoms. The van der Waals surface area contributed by atoms with Crippen molar-refractivity contribution in [1.29, 1.82) is 0 Å². The lowest BCUT2D eigenvalue weighted by atomic mass is 10.0. The van der Waals surface area contributed by atoms with E-state index in [0.717, 1.165) is 26.6 Å². The zero-order valence-corrected chi connectivity index (χ0v) is 19.7. The van der Waals surface area contributed by atoms with E-state index in [4.69, 9.17) is 4.42 Å². The van der Waals surface area contributed by atoms with Gasteiger partial charge in [0.15, 0.2) is 0 Å². The number of aliphatic carboxylic acids is 1. The molecular weight excluding hydrogens is 468 g/mol. The maximum atomic E-state index is 12.0. The van der Waals surface area contributed by atoms with Gasteiger partial charge in [0.2, 0.25) is 0 Å². The molecule has 0 amide bonds. The third-order valence-corrected chi connectivity index (χ3v) is 6.58. The van der Waals surface area contributed by atoms with Gasteiger partial charge in [-0.3, -0.25) is 8.51 Å². The molecule has 3 aromatic carbocycles. The van der Waals surface area contributed by atoms with Gasteiger partial charge in [-0.25, -0.2) is 9.48 Å². The van der Waals surface area contributed by atoms with E-state index < -0.39 is 29.2 Å². The lowest BCUT2D eigenvalue weighted by Crippen LogP contribution is -2.45. The van der Waals surface area contributed by atoms with E-state index in [2.05, 4.69) is 10.3 Å². The normalized spacial score (nSPS) is 13.4. The minimum absolute atomic E-state index is 0.252. The number of rotatable bonds is 7. The predicted molar refractivity (Wildman–Crippen MR) is 132 cm³/mol. The first-order chi connectivity index (χ1) is 16.8. The van der Waals surface area contributed by atoms with E-state index in [0.29, 0.717) is 16.6 Å². The zero-order chi connectivity index (χ0) is 24.7. The van der Waals surface area contributed by atoms with Crippen LogP contribution in [0.4, 0.5) is 5.69 Å². The molecule has 0 fully saturated rings. The molecular formula is C25H21N4O5S-. The summed E-state index contributed by atoms with van der Waals surface area (Å²) in [5.74, 6) is -1.65. The van der Waals surface area contributed by atoms with E-state index in [1.165, 1.54) is 0 Å². The molecule has 0 aliphatic carbocycles. The molecule has 0 bridgehead atoms. The first-order valence-corrected chi connectivity index (χ1v) is 11.9. The summed E-state index contributed by atoms with van der Waals surface area (Å²) in [4.78, 5) is 11.8. The summed E-state index contributed by atoms with van der Waals surface area (Å²) in [5, 5.41) is 19.6. The van der Waals surface area contributed by atoms with Crippen molar-refractivity contribution in [2.75, 3.05) is 4.31 Å². The second kappa shape index (κ2) is 8.97. The number of aromatic nitrogens is 3. The van der Waals surface area contributed by atoms with Crippen LogP contribution in [-0.2, 0) is 16.1 Å². The number of carboxylic acid groups (broad SMARTS) is 1. The minimum atomic E-state index is -2.78. The molecule has 0 saturated carbocycles. The Bertz CT molecular complexity index is 1560. The van der Waals surface area contributed by atoms with E-state index >= 15 is 0 Å². The molecule has 5 aromatic rings. The highest BCUT2D eigenvalue weighted by Crippen LogP contribution is 2.34. The number of anilines is 1. The highest BCUT2D eigenvalue weighted by Gasteiger charge is 2.30. The monoisotopic (exact) mass is 489 g/mol. The third kappa shape index (κ3) is 4.17. The van der Waals surface area contributed by atoms with Crippen molar-refractivity contribution in [3.8, 4) is 16.9 Å². The molecule has 0 saturated heterocycles. The van der Waals surface area contributed by atoms with Crippen molar-refractivity contribution in [3.05, 3.63) is 72.9 Å². The fourth-order valence-electron chi connectivity index (χ4n) is 4.16. The Balaban J connectivity index is 1.55. The second-order valence-electron chi connectivity index (χ2n) is 8.45. The molecule has 35 heavy (non-hydrogen) atoms. The van der Waals surface area contributed by atoms with Crippen molar-refractivity contribution in [2.24, 2.45) is 5.92 Å². The summed E-state index contributed by atoms with van der Waals surface area (Å²) in [5.41, 5.74) is 3.83. The summed E-state index contributed by atoms with van der Waals surface area (Å²) < 4.78 is 32.6. The Morgan fingerprint density at radius 2 is 1.83 bits per heavy atom. The Morgan fingerprint density at radius 3 is 2.51 bits per heavy atom. The standard InChI is InChI=1S/C25H22N4O5S/c1-15(2)24(25(30)31)29(35(32)33)18-9-11-22-20(12-18)19-10-8-17(13-23(19)34-22)28-14-21(26-27-28)16-6-4-3-5-7-16/h3-15,24H,1-2H3,(H,30,31)(H,32,33)/p-1. The van der Waals surface area contributed by atoms with Gasteiger partial charge in [-0.1, -0.05) is 49.4 Å². The SMILES string of the molecule is CC(C)C(C(=O)O)N(c1ccc2oc3cc(-n4cc(-c5ccccc5)nn4)ccc3c2c1)S(=O)[O-]. The summed E-state index contributed by atoms with van der Waals surface area (Å²) in [6.07, 6.45) is 1.83. The number of carbonyl (C=O) groups is 1. The Labute approximate surface area is 203 Å². The number of furan rings is 1. The molecule has 9 nitrogen and oxygen atoms in total. The van der Waals surface area contributed by atoms with Gasteiger partial charge in [-0.05, 0) is 36.2 Å². The molecule has 178 valence electrons. The van der Waals surface area contributed by atoms with Crippen LogP contribution in [0.25, 0.3) is 38.9 Å². The molecule has 2 unspecified atom stereocenters. The van der Waals surface area contributed by atoms with Gasteiger partial charge in [-0.2, -0.15) is 0 Å². The second-order valence-corrected chi connectivity index (χ2v) is 9.27. The van der Waals surface area contributed by atoms with Crippen LogP contribution in [0.2, 0.25) is 0 Å². The van der Waals surface area contributed by atoms with Crippen molar-refractivity contribution < 1.29 is 23.1 Å². The topological polar surface area (TPSA) is 125 Å². The summed E-state index contributed by atoms with van der Waals surface area (Å²) >= 11 is -2.78. The molecule has 0 aliphatic heterocycles. The predicted octanol–water partition coefficient (Wildman–Crippen LogP) is 4.54. The van der Waals surface area contributed by atoms with Crippen LogP contribution in [0.15, 0.2) is 77.3 Å². The zero-order valence-electron chi connectivity index (χ0n) is 18.9. The van der Waals surface area contributed by atoms with Crippen molar-refractivity contribution in [3.63, 3.8) is 0 Å². The van der Waals surface area contributed by atoms with Crippen LogP contribution in [0.5, 0.6) is 0 Å². The molecule has 2 atom stereocenters. The quantitative estimate of drug-likeness (QED) is 0.333. The average Bonchev–Trinajstić information content (AvgIpc) is 3.46. The largest absolute Gasteiger partial charge is 0.755 e. The van der Waals surface area contributed by atoms with Crippen LogP contribution in [-0.4, -0.2) is 40.9 Å². The lowest BCUT2D eigenvalue weighted by Gasteiger charge is -2.34.